The molecule has 0 aliphatic heterocycles. The number of halogens is 3. The van der Waals surface area contributed by atoms with Crippen molar-refractivity contribution in [1.29, 1.82) is 0 Å². The molecule has 2 N–H and O–H groups in total. The number of rotatable bonds is 1. The maximum atomic E-state index is 13.3. The van der Waals surface area contributed by atoms with Gasteiger partial charge in [-0.15, -0.1) is 12.4 Å². The van der Waals surface area contributed by atoms with Crippen LogP contribution in [0, 0.1) is 18.6 Å². The molecule has 1 rings (SSSR count). The number of carbonyl (C=O) groups excluding carboxylic acids is 1. The van der Waals surface area contributed by atoms with Gasteiger partial charge in [-0.05, 0) is 13.0 Å². The highest BCUT2D eigenvalue weighted by molar-refractivity contribution is 5.91. The first-order valence-corrected chi connectivity index (χ1v) is 3.81. The zero-order valence-corrected chi connectivity index (χ0v) is 8.95. The standard InChI is InChI=1S/C9H9F2NO2.ClH/c1-4-6(10)3-5(9(13)14-2)7(11)8(4)12;/h3H,12H2,1-2H3;1H. The largest absolute Gasteiger partial charge is 0.465 e. The number of nitrogens with two attached hydrogens (primary N) is 1. The Morgan fingerprint density at radius 1 is 1.47 bits per heavy atom. The third-order valence-corrected chi connectivity index (χ3v) is 1.91. The summed E-state index contributed by atoms with van der Waals surface area (Å²) < 4.78 is 30.6. The van der Waals surface area contributed by atoms with E-state index in [-0.39, 0.29) is 23.7 Å². The molecule has 0 atom stereocenters. The minimum atomic E-state index is -0.951. The first-order chi connectivity index (χ1) is 6.49. The van der Waals surface area contributed by atoms with E-state index in [2.05, 4.69) is 4.74 Å². The SMILES string of the molecule is COC(=O)c1cc(F)c(C)c(N)c1F.Cl. The fourth-order valence-electron chi connectivity index (χ4n) is 0.995. The van der Waals surface area contributed by atoms with Crippen LogP contribution in [-0.2, 0) is 4.74 Å². The van der Waals surface area contributed by atoms with Crippen LogP contribution in [0.25, 0.3) is 0 Å². The lowest BCUT2D eigenvalue weighted by atomic mass is 10.1. The molecular weight excluding hydrogens is 228 g/mol. The minimum Gasteiger partial charge on any atom is -0.465 e. The predicted octanol–water partition coefficient (Wildman–Crippen LogP) is 2.06. The van der Waals surface area contributed by atoms with Crippen molar-refractivity contribution in [2.24, 2.45) is 0 Å². The summed E-state index contributed by atoms with van der Waals surface area (Å²) >= 11 is 0. The van der Waals surface area contributed by atoms with Gasteiger partial charge < -0.3 is 10.5 Å². The monoisotopic (exact) mass is 237 g/mol. The lowest BCUT2D eigenvalue weighted by molar-refractivity contribution is 0.0595. The average molecular weight is 238 g/mol. The normalized spacial score (nSPS) is 9.33. The molecule has 1 aromatic rings. The molecule has 0 unspecified atom stereocenters. The number of esters is 1. The Balaban J connectivity index is 0.00000196. The summed E-state index contributed by atoms with van der Waals surface area (Å²) in [7, 11) is 1.08. The van der Waals surface area contributed by atoms with E-state index in [1.54, 1.807) is 0 Å². The Morgan fingerprint density at radius 3 is 2.47 bits per heavy atom. The second kappa shape index (κ2) is 4.93. The maximum absolute atomic E-state index is 13.3. The van der Waals surface area contributed by atoms with Gasteiger partial charge in [0.25, 0.3) is 0 Å². The second-order valence-electron chi connectivity index (χ2n) is 2.75. The van der Waals surface area contributed by atoms with Crippen molar-refractivity contribution in [3.8, 4) is 0 Å². The Labute approximate surface area is 91.6 Å². The summed E-state index contributed by atoms with van der Waals surface area (Å²) in [5.41, 5.74) is 4.37. The molecule has 1 aromatic carbocycles. The van der Waals surface area contributed by atoms with Crippen LogP contribution in [0.15, 0.2) is 6.07 Å². The summed E-state index contributed by atoms with van der Waals surface area (Å²) in [4.78, 5) is 11.0. The zero-order chi connectivity index (χ0) is 10.9. The van der Waals surface area contributed by atoms with Gasteiger partial charge >= 0.3 is 5.97 Å². The number of ether oxygens (including phenoxy) is 1. The smallest absolute Gasteiger partial charge is 0.341 e. The van der Waals surface area contributed by atoms with Gasteiger partial charge in [0.2, 0.25) is 0 Å². The number of carbonyl (C=O) groups is 1. The van der Waals surface area contributed by atoms with Crippen molar-refractivity contribution >= 4 is 24.1 Å². The molecule has 0 aliphatic carbocycles. The Hall–Kier alpha value is -1.36. The van der Waals surface area contributed by atoms with Crippen molar-refractivity contribution in [2.45, 2.75) is 6.92 Å². The number of hydrogen-bond acceptors (Lipinski definition) is 3. The number of anilines is 1. The van der Waals surface area contributed by atoms with Gasteiger partial charge in [-0.25, -0.2) is 13.6 Å². The van der Waals surface area contributed by atoms with Crippen LogP contribution in [0.5, 0.6) is 0 Å². The quantitative estimate of drug-likeness (QED) is 0.601. The van der Waals surface area contributed by atoms with Crippen LogP contribution in [-0.4, -0.2) is 13.1 Å². The Morgan fingerprint density at radius 2 is 2.00 bits per heavy atom. The molecule has 0 spiro atoms. The second-order valence-corrected chi connectivity index (χ2v) is 2.75. The van der Waals surface area contributed by atoms with Crippen LogP contribution in [0.1, 0.15) is 15.9 Å². The fraction of sp³-hybridized carbons (Fsp3) is 0.222. The molecule has 3 nitrogen and oxygen atoms in total. The molecule has 15 heavy (non-hydrogen) atoms. The lowest BCUT2D eigenvalue weighted by Crippen LogP contribution is -2.09. The first kappa shape index (κ1) is 13.6. The number of nitrogen functional groups attached to an aromatic ring is 1. The lowest BCUT2D eigenvalue weighted by Gasteiger charge is -2.07. The van der Waals surface area contributed by atoms with E-state index in [1.165, 1.54) is 6.92 Å². The van der Waals surface area contributed by atoms with Crippen molar-refractivity contribution < 1.29 is 18.3 Å². The van der Waals surface area contributed by atoms with E-state index in [1.807, 2.05) is 0 Å². The van der Waals surface area contributed by atoms with E-state index in [4.69, 9.17) is 5.73 Å². The first-order valence-electron chi connectivity index (χ1n) is 3.81. The van der Waals surface area contributed by atoms with Crippen LogP contribution in [0.2, 0.25) is 0 Å². The summed E-state index contributed by atoms with van der Waals surface area (Å²) in [6, 6.07) is 0.771. The molecule has 0 saturated heterocycles. The highest BCUT2D eigenvalue weighted by Gasteiger charge is 2.18. The van der Waals surface area contributed by atoms with Gasteiger partial charge in [-0.1, -0.05) is 0 Å². The van der Waals surface area contributed by atoms with E-state index in [9.17, 15) is 13.6 Å². The third kappa shape index (κ3) is 2.36. The molecule has 0 bridgehead atoms. The summed E-state index contributed by atoms with van der Waals surface area (Å²) in [5.74, 6) is -2.63. The number of methoxy groups -OCH3 is 1. The van der Waals surface area contributed by atoms with E-state index in [0.717, 1.165) is 13.2 Å². The van der Waals surface area contributed by atoms with Crippen molar-refractivity contribution in [3.63, 3.8) is 0 Å². The summed E-state index contributed by atoms with van der Waals surface area (Å²) in [6.07, 6.45) is 0. The zero-order valence-electron chi connectivity index (χ0n) is 8.14. The van der Waals surface area contributed by atoms with Gasteiger partial charge in [0.15, 0.2) is 5.82 Å². The minimum absolute atomic E-state index is 0. The van der Waals surface area contributed by atoms with Crippen molar-refractivity contribution in [2.75, 3.05) is 12.8 Å². The van der Waals surface area contributed by atoms with Gasteiger partial charge in [-0.3, -0.25) is 0 Å². The molecule has 0 radical (unpaired) electrons. The van der Waals surface area contributed by atoms with Crippen LogP contribution < -0.4 is 5.73 Å². The van der Waals surface area contributed by atoms with Gasteiger partial charge in [-0.2, -0.15) is 0 Å². The summed E-state index contributed by atoms with van der Waals surface area (Å²) in [5, 5.41) is 0. The van der Waals surface area contributed by atoms with Crippen LogP contribution in [0.3, 0.4) is 0 Å². The van der Waals surface area contributed by atoms with Gasteiger partial charge in [0.05, 0.1) is 12.8 Å². The molecule has 0 aliphatic rings. The van der Waals surface area contributed by atoms with Crippen molar-refractivity contribution in [3.05, 3.63) is 28.8 Å². The van der Waals surface area contributed by atoms with Crippen LogP contribution in [0.4, 0.5) is 14.5 Å². The molecule has 0 fully saturated rings. The Kier molecular flexibility index (Phi) is 4.48. The van der Waals surface area contributed by atoms with E-state index >= 15 is 0 Å². The number of benzene rings is 1. The van der Waals surface area contributed by atoms with E-state index < -0.39 is 23.2 Å². The Bertz CT molecular complexity index is 396. The topological polar surface area (TPSA) is 52.3 Å². The van der Waals surface area contributed by atoms with E-state index in [0.29, 0.717) is 0 Å². The fourth-order valence-corrected chi connectivity index (χ4v) is 0.995. The molecule has 6 heteroatoms. The highest BCUT2D eigenvalue weighted by atomic mass is 35.5. The predicted molar refractivity (Wildman–Crippen MR) is 54.1 cm³/mol. The highest BCUT2D eigenvalue weighted by Crippen LogP contribution is 2.23. The molecule has 0 amide bonds. The molecule has 0 saturated carbocycles. The van der Waals surface area contributed by atoms with Crippen molar-refractivity contribution in [1.82, 2.24) is 0 Å². The van der Waals surface area contributed by atoms with Gasteiger partial charge in [0, 0.05) is 5.56 Å². The number of hydrogen-bond donors (Lipinski definition) is 1. The molecular formula is C9H10ClF2NO2. The van der Waals surface area contributed by atoms with Crippen LogP contribution >= 0.6 is 12.4 Å². The average Bonchev–Trinajstić information content (AvgIpc) is 2.19. The maximum Gasteiger partial charge on any atom is 0.341 e. The summed E-state index contributed by atoms with van der Waals surface area (Å²) in [6.45, 7) is 1.33. The molecule has 84 valence electrons. The molecule has 0 aromatic heterocycles. The van der Waals surface area contributed by atoms with Gasteiger partial charge in [0.1, 0.15) is 11.4 Å². The third-order valence-electron chi connectivity index (χ3n) is 1.91. The molecule has 0 heterocycles.